The van der Waals surface area contributed by atoms with Gasteiger partial charge < -0.3 is 5.11 Å². The molecule has 0 saturated heterocycles. The van der Waals surface area contributed by atoms with Crippen molar-refractivity contribution in [2.24, 2.45) is 0 Å². The van der Waals surface area contributed by atoms with E-state index in [0.29, 0.717) is 27.2 Å². The van der Waals surface area contributed by atoms with Gasteiger partial charge in [0, 0.05) is 10.6 Å². The first-order chi connectivity index (χ1) is 14.2. The molecule has 1 aliphatic carbocycles. The Hall–Kier alpha value is -3.20. The van der Waals surface area contributed by atoms with Crippen LogP contribution in [0.2, 0.25) is 5.02 Å². The number of hydrogen-bond acceptors (Lipinski definition) is 4. The molecule has 3 aromatic heterocycles. The summed E-state index contributed by atoms with van der Waals surface area (Å²) in [6.45, 7) is 0. The number of hydrogen-bond donors (Lipinski definition) is 1. The number of benzene rings is 1. The number of carboxylic acid groups (broad SMARTS) is 1. The molecule has 0 bridgehead atoms. The number of fused-ring (bicyclic) bond motifs is 3. The van der Waals surface area contributed by atoms with Crippen LogP contribution in [0.4, 0.5) is 13.2 Å². The van der Waals surface area contributed by atoms with Gasteiger partial charge in [-0.2, -0.15) is 13.2 Å². The molecule has 10 heteroatoms. The number of pyridine rings is 1. The molecule has 6 nitrogen and oxygen atoms in total. The topological polar surface area (TPSA) is 80.4 Å². The van der Waals surface area contributed by atoms with Crippen LogP contribution in [-0.4, -0.2) is 30.7 Å². The maximum Gasteiger partial charge on any atom is 0.433 e. The highest BCUT2D eigenvalue weighted by Crippen LogP contribution is 2.45. The molecule has 1 saturated carbocycles. The van der Waals surface area contributed by atoms with Crippen LogP contribution in [0.1, 0.15) is 40.5 Å². The van der Waals surface area contributed by atoms with E-state index in [9.17, 15) is 23.1 Å². The number of aromatic nitrogens is 4. The van der Waals surface area contributed by atoms with Crippen molar-refractivity contribution in [3.8, 4) is 11.3 Å². The number of carbonyl (C=O) groups is 1. The molecule has 0 amide bonds. The SMILES string of the molecule is O=C(O)c1cc(-c2ccc(Cl)cc2)nc2c3c(C4CC4)cc(C(F)(F)F)nc3nn12. The van der Waals surface area contributed by atoms with E-state index in [2.05, 4.69) is 15.1 Å². The maximum atomic E-state index is 13.3. The molecule has 3 heterocycles. The van der Waals surface area contributed by atoms with Crippen LogP contribution >= 0.6 is 11.6 Å². The third-order valence-corrected chi connectivity index (χ3v) is 5.30. The van der Waals surface area contributed by atoms with Gasteiger partial charge in [0.05, 0.1) is 11.1 Å². The fraction of sp³-hybridized carbons (Fsp3) is 0.200. The lowest BCUT2D eigenvalue weighted by Gasteiger charge is -2.09. The van der Waals surface area contributed by atoms with Crippen molar-refractivity contribution in [2.45, 2.75) is 24.9 Å². The minimum Gasteiger partial charge on any atom is -0.477 e. The quantitative estimate of drug-likeness (QED) is 0.481. The number of nitrogens with zero attached hydrogens (tertiary/aromatic N) is 4. The first-order valence-electron chi connectivity index (χ1n) is 9.03. The van der Waals surface area contributed by atoms with Crippen LogP contribution < -0.4 is 0 Å². The number of alkyl halides is 3. The molecule has 1 aliphatic rings. The van der Waals surface area contributed by atoms with Crippen molar-refractivity contribution in [3.05, 3.63) is 58.4 Å². The zero-order valence-electron chi connectivity index (χ0n) is 15.1. The summed E-state index contributed by atoms with van der Waals surface area (Å²) >= 11 is 5.92. The van der Waals surface area contributed by atoms with E-state index >= 15 is 0 Å². The molecule has 0 radical (unpaired) electrons. The predicted molar refractivity (Wildman–Crippen MR) is 103 cm³/mol. The summed E-state index contributed by atoms with van der Waals surface area (Å²) in [5.74, 6) is -1.34. The monoisotopic (exact) mass is 432 g/mol. The Morgan fingerprint density at radius 2 is 1.83 bits per heavy atom. The summed E-state index contributed by atoms with van der Waals surface area (Å²) in [6.07, 6.45) is -3.14. The van der Waals surface area contributed by atoms with Crippen LogP contribution in [0.15, 0.2) is 36.4 Å². The number of carboxylic acids is 1. The van der Waals surface area contributed by atoms with Gasteiger partial charge in [-0.15, -0.1) is 5.10 Å². The van der Waals surface area contributed by atoms with Gasteiger partial charge in [0.25, 0.3) is 0 Å². The summed E-state index contributed by atoms with van der Waals surface area (Å²) in [5.41, 5.74) is 0.132. The first-order valence-corrected chi connectivity index (χ1v) is 9.41. The predicted octanol–water partition coefficient (Wildman–Crippen LogP) is 5.19. The molecule has 30 heavy (non-hydrogen) atoms. The molecule has 152 valence electrons. The zero-order chi connectivity index (χ0) is 21.2. The van der Waals surface area contributed by atoms with Gasteiger partial charge in [0.15, 0.2) is 17.0 Å². The van der Waals surface area contributed by atoms with Crippen molar-refractivity contribution >= 4 is 34.3 Å². The highest BCUT2D eigenvalue weighted by atomic mass is 35.5. The van der Waals surface area contributed by atoms with Gasteiger partial charge in [-0.05, 0) is 48.6 Å². The molecule has 1 N–H and O–H groups in total. The smallest absolute Gasteiger partial charge is 0.433 e. The van der Waals surface area contributed by atoms with Crippen LogP contribution in [0.3, 0.4) is 0 Å². The second-order valence-electron chi connectivity index (χ2n) is 7.14. The molecule has 1 aromatic carbocycles. The molecular weight excluding hydrogens is 421 g/mol. The summed E-state index contributed by atoms with van der Waals surface area (Å²) in [5, 5.41) is 14.6. The largest absolute Gasteiger partial charge is 0.477 e. The Morgan fingerprint density at radius 3 is 2.43 bits per heavy atom. The van der Waals surface area contributed by atoms with Crippen molar-refractivity contribution in [1.82, 2.24) is 19.6 Å². The lowest BCUT2D eigenvalue weighted by Crippen LogP contribution is -2.09. The van der Waals surface area contributed by atoms with E-state index in [-0.39, 0.29) is 22.9 Å². The maximum absolute atomic E-state index is 13.3. The summed E-state index contributed by atoms with van der Waals surface area (Å²) in [4.78, 5) is 20.1. The molecule has 1 fully saturated rings. The lowest BCUT2D eigenvalue weighted by atomic mass is 10.1. The normalized spacial score (nSPS) is 14.5. The van der Waals surface area contributed by atoms with E-state index in [1.807, 2.05) is 0 Å². The number of aromatic carboxylic acids is 1. The fourth-order valence-electron chi connectivity index (χ4n) is 3.49. The third kappa shape index (κ3) is 3.06. The Kier molecular flexibility index (Phi) is 4.01. The van der Waals surface area contributed by atoms with Crippen molar-refractivity contribution in [3.63, 3.8) is 0 Å². The second kappa shape index (κ2) is 6.40. The van der Waals surface area contributed by atoms with Gasteiger partial charge in [-0.1, -0.05) is 23.7 Å². The first kappa shape index (κ1) is 18.8. The number of rotatable bonds is 3. The molecule has 0 aliphatic heterocycles. The summed E-state index contributed by atoms with van der Waals surface area (Å²) < 4.78 is 41.1. The Morgan fingerprint density at radius 1 is 1.13 bits per heavy atom. The average Bonchev–Trinajstić information content (AvgIpc) is 3.46. The molecule has 4 aromatic rings. The van der Waals surface area contributed by atoms with E-state index < -0.39 is 17.8 Å². The van der Waals surface area contributed by atoms with Crippen LogP contribution in [0.5, 0.6) is 0 Å². The fourth-order valence-corrected chi connectivity index (χ4v) is 3.62. The van der Waals surface area contributed by atoms with Gasteiger partial charge >= 0.3 is 12.1 Å². The van der Waals surface area contributed by atoms with E-state index in [1.54, 1.807) is 24.3 Å². The second-order valence-corrected chi connectivity index (χ2v) is 7.58. The molecule has 0 atom stereocenters. The van der Waals surface area contributed by atoms with Crippen molar-refractivity contribution < 1.29 is 23.1 Å². The highest BCUT2D eigenvalue weighted by Gasteiger charge is 2.37. The molecule has 0 unspecified atom stereocenters. The lowest BCUT2D eigenvalue weighted by molar-refractivity contribution is -0.141. The summed E-state index contributed by atoms with van der Waals surface area (Å²) in [6, 6.07) is 9.01. The molecular formula is C20H12ClF3N4O2. The third-order valence-electron chi connectivity index (χ3n) is 5.04. The van der Waals surface area contributed by atoms with E-state index in [4.69, 9.17) is 11.6 Å². The average molecular weight is 433 g/mol. The Labute approximate surface area is 171 Å². The van der Waals surface area contributed by atoms with Gasteiger partial charge in [-0.25, -0.2) is 19.3 Å². The van der Waals surface area contributed by atoms with Crippen LogP contribution in [0, 0.1) is 0 Å². The van der Waals surface area contributed by atoms with E-state index in [1.165, 1.54) is 6.07 Å². The minimum atomic E-state index is -4.63. The zero-order valence-corrected chi connectivity index (χ0v) is 15.9. The Bertz CT molecular complexity index is 1330. The molecule has 0 spiro atoms. The van der Waals surface area contributed by atoms with Gasteiger partial charge in [0.1, 0.15) is 5.69 Å². The van der Waals surface area contributed by atoms with Crippen molar-refractivity contribution in [1.29, 1.82) is 0 Å². The van der Waals surface area contributed by atoms with E-state index in [0.717, 1.165) is 23.4 Å². The number of halogens is 4. The summed E-state index contributed by atoms with van der Waals surface area (Å²) in [7, 11) is 0. The van der Waals surface area contributed by atoms with Crippen LogP contribution in [0.25, 0.3) is 27.9 Å². The standard InChI is InChI=1S/C20H12ClF3N4O2/c21-11-5-3-10(4-6-11)13-8-14(19(29)30)28-18(25-13)16-12(9-1-2-9)7-15(20(22,23)24)26-17(16)27-28/h3-9H,1-2H2,(H,29,30). The minimum absolute atomic E-state index is 0.0566. The van der Waals surface area contributed by atoms with Crippen molar-refractivity contribution in [2.75, 3.05) is 0 Å². The molecule has 5 rings (SSSR count). The Balaban J connectivity index is 1.86. The van der Waals surface area contributed by atoms with Gasteiger partial charge in [-0.3, -0.25) is 0 Å². The van der Waals surface area contributed by atoms with Crippen LogP contribution in [-0.2, 0) is 6.18 Å². The van der Waals surface area contributed by atoms with Gasteiger partial charge in [0.2, 0.25) is 0 Å². The highest BCUT2D eigenvalue weighted by molar-refractivity contribution is 6.30.